The number of halogens is 1. The van der Waals surface area contributed by atoms with E-state index in [4.69, 9.17) is 0 Å². The van der Waals surface area contributed by atoms with Crippen molar-refractivity contribution in [2.45, 2.75) is 0 Å². The average molecular weight is 353 g/mol. The molecule has 1 aromatic heterocycles. The number of carbonyl (C=O) groups is 2. The Kier molecular flexibility index (Phi) is 3.65. The first-order valence-electron chi connectivity index (χ1n) is 7.49. The van der Waals surface area contributed by atoms with Crippen molar-refractivity contribution in [3.63, 3.8) is 0 Å². The molecule has 25 heavy (non-hydrogen) atoms. The van der Waals surface area contributed by atoms with Crippen molar-refractivity contribution in [2.24, 2.45) is 7.05 Å². The molecule has 0 aliphatic carbocycles. The van der Waals surface area contributed by atoms with Crippen LogP contribution >= 0.6 is 11.8 Å². The molecule has 0 unspecified atom stereocenters. The zero-order chi connectivity index (χ0) is 17.6. The van der Waals surface area contributed by atoms with Crippen molar-refractivity contribution < 1.29 is 14.0 Å². The minimum atomic E-state index is -0.436. The minimum absolute atomic E-state index is 0.285. The van der Waals surface area contributed by atoms with Gasteiger partial charge in [-0.05, 0) is 48.2 Å². The number of carbonyl (C=O) groups excluding carboxylic acids is 2. The van der Waals surface area contributed by atoms with Gasteiger partial charge in [0, 0.05) is 13.1 Å². The summed E-state index contributed by atoms with van der Waals surface area (Å²) in [7, 11) is 1.85. The van der Waals surface area contributed by atoms with Gasteiger partial charge in [0.25, 0.3) is 11.1 Å². The number of aromatic nitrogens is 2. The smallest absolute Gasteiger partial charge is 0.298 e. The molecule has 4 rings (SSSR count). The predicted octanol–water partition coefficient (Wildman–Crippen LogP) is 3.95. The van der Waals surface area contributed by atoms with E-state index >= 15 is 0 Å². The van der Waals surface area contributed by atoms with Crippen molar-refractivity contribution in [3.05, 3.63) is 65.1 Å². The highest BCUT2D eigenvalue weighted by molar-refractivity contribution is 8.19. The molecule has 2 aromatic carbocycles. The number of thioether (sulfide) groups is 1. The number of para-hydroxylation sites is 2. The molecule has 0 N–H and O–H groups in total. The number of anilines is 1. The fourth-order valence-electron chi connectivity index (χ4n) is 2.69. The Bertz CT molecular complexity index is 1040. The lowest BCUT2D eigenvalue weighted by Gasteiger charge is -2.11. The van der Waals surface area contributed by atoms with E-state index in [-0.39, 0.29) is 4.91 Å². The highest BCUT2D eigenvalue weighted by Gasteiger charge is 2.36. The van der Waals surface area contributed by atoms with Crippen LogP contribution in [0.25, 0.3) is 17.1 Å². The molecule has 7 heteroatoms. The standard InChI is InChI=1S/C18H12FN3O2S/c1-21-14-5-3-2-4-13(14)20-16(21)10-15-17(23)22(18(24)25-15)12-8-6-11(19)7-9-12/h2-10H,1H3. The molecule has 1 fully saturated rings. The van der Waals surface area contributed by atoms with Crippen LogP contribution in [-0.4, -0.2) is 20.7 Å². The van der Waals surface area contributed by atoms with Gasteiger partial charge in [-0.15, -0.1) is 0 Å². The molecule has 3 aromatic rings. The van der Waals surface area contributed by atoms with Gasteiger partial charge in [0.05, 0.1) is 21.6 Å². The first-order valence-corrected chi connectivity index (χ1v) is 8.31. The van der Waals surface area contributed by atoms with E-state index in [2.05, 4.69) is 4.98 Å². The van der Waals surface area contributed by atoms with Crippen LogP contribution in [0.15, 0.2) is 53.4 Å². The summed E-state index contributed by atoms with van der Waals surface area (Å²) in [4.78, 5) is 30.7. The lowest BCUT2D eigenvalue weighted by atomic mass is 10.3. The lowest BCUT2D eigenvalue weighted by Crippen LogP contribution is -2.27. The molecule has 0 atom stereocenters. The normalized spacial score (nSPS) is 16.4. The van der Waals surface area contributed by atoms with Crippen molar-refractivity contribution >= 4 is 45.7 Å². The molecule has 5 nitrogen and oxygen atoms in total. The van der Waals surface area contributed by atoms with Gasteiger partial charge >= 0.3 is 0 Å². The van der Waals surface area contributed by atoms with E-state index in [1.807, 2.05) is 35.9 Å². The Morgan fingerprint density at radius 3 is 2.52 bits per heavy atom. The van der Waals surface area contributed by atoms with Crippen LogP contribution in [0.5, 0.6) is 0 Å². The number of fused-ring (bicyclic) bond motifs is 1. The van der Waals surface area contributed by atoms with Gasteiger partial charge < -0.3 is 4.57 Å². The largest absolute Gasteiger partial charge is 0.328 e. The first kappa shape index (κ1) is 15.6. The van der Waals surface area contributed by atoms with E-state index in [9.17, 15) is 14.0 Å². The van der Waals surface area contributed by atoms with Gasteiger partial charge in [0.1, 0.15) is 11.6 Å². The Hall–Kier alpha value is -2.93. The third-order valence-electron chi connectivity index (χ3n) is 3.96. The quantitative estimate of drug-likeness (QED) is 0.655. The van der Waals surface area contributed by atoms with Gasteiger partial charge in [-0.3, -0.25) is 9.59 Å². The molecule has 2 amide bonds. The van der Waals surface area contributed by atoms with E-state index in [1.165, 1.54) is 24.3 Å². The molecule has 1 aliphatic heterocycles. The molecule has 0 saturated carbocycles. The molecular formula is C18H12FN3O2S. The second-order valence-electron chi connectivity index (χ2n) is 5.51. The number of imidazole rings is 1. The Labute approximate surface area is 146 Å². The number of nitrogens with zero attached hydrogens (tertiary/aromatic N) is 3. The SMILES string of the molecule is Cn1c(C=C2SC(=O)N(c3ccc(F)cc3)C2=O)nc2ccccc21. The second kappa shape index (κ2) is 5.86. The molecule has 1 aliphatic rings. The third kappa shape index (κ3) is 2.62. The van der Waals surface area contributed by atoms with Crippen LogP contribution < -0.4 is 4.90 Å². The summed E-state index contributed by atoms with van der Waals surface area (Å²) >= 11 is 0.846. The summed E-state index contributed by atoms with van der Waals surface area (Å²) in [6.07, 6.45) is 1.61. The average Bonchev–Trinajstić information content (AvgIpc) is 3.06. The number of benzene rings is 2. The van der Waals surface area contributed by atoms with Gasteiger partial charge in [-0.1, -0.05) is 12.1 Å². The molecule has 0 spiro atoms. The van der Waals surface area contributed by atoms with Crippen LogP contribution in [0, 0.1) is 5.82 Å². The molecule has 0 radical (unpaired) electrons. The lowest BCUT2D eigenvalue weighted by molar-refractivity contribution is -0.113. The maximum atomic E-state index is 13.1. The van der Waals surface area contributed by atoms with Crippen molar-refractivity contribution in [3.8, 4) is 0 Å². The van der Waals surface area contributed by atoms with Crippen molar-refractivity contribution in [1.82, 2.24) is 9.55 Å². The summed E-state index contributed by atoms with van der Waals surface area (Å²) in [5.41, 5.74) is 2.10. The topological polar surface area (TPSA) is 55.2 Å². The summed E-state index contributed by atoms with van der Waals surface area (Å²) in [6, 6.07) is 12.9. The maximum Gasteiger partial charge on any atom is 0.298 e. The van der Waals surface area contributed by atoms with Crippen LogP contribution in [-0.2, 0) is 11.8 Å². The monoisotopic (exact) mass is 353 g/mol. The number of rotatable bonds is 2. The Balaban J connectivity index is 1.72. The van der Waals surface area contributed by atoms with Gasteiger partial charge in [-0.25, -0.2) is 14.3 Å². The maximum absolute atomic E-state index is 13.1. The van der Waals surface area contributed by atoms with E-state index < -0.39 is 17.0 Å². The fraction of sp³-hybridized carbons (Fsp3) is 0.0556. The summed E-state index contributed by atoms with van der Waals surface area (Å²) < 4.78 is 14.9. The first-order chi connectivity index (χ1) is 12.0. The Morgan fingerprint density at radius 1 is 1.08 bits per heavy atom. The van der Waals surface area contributed by atoms with Crippen molar-refractivity contribution in [1.29, 1.82) is 0 Å². The Morgan fingerprint density at radius 2 is 1.80 bits per heavy atom. The zero-order valence-electron chi connectivity index (χ0n) is 13.1. The van der Waals surface area contributed by atoms with E-state index in [0.717, 1.165) is 27.7 Å². The number of imide groups is 1. The number of amides is 2. The number of aryl methyl sites for hydroxylation is 1. The van der Waals surface area contributed by atoms with E-state index in [0.29, 0.717) is 11.5 Å². The van der Waals surface area contributed by atoms with Crippen LogP contribution in [0.2, 0.25) is 0 Å². The second-order valence-corrected chi connectivity index (χ2v) is 6.50. The molecule has 1 saturated heterocycles. The van der Waals surface area contributed by atoms with Crippen LogP contribution in [0.1, 0.15) is 5.82 Å². The highest BCUT2D eigenvalue weighted by atomic mass is 32.2. The summed E-state index contributed by atoms with van der Waals surface area (Å²) in [5.74, 6) is -0.273. The third-order valence-corrected chi connectivity index (χ3v) is 4.83. The predicted molar refractivity (Wildman–Crippen MR) is 95.6 cm³/mol. The van der Waals surface area contributed by atoms with E-state index in [1.54, 1.807) is 6.08 Å². The molecule has 124 valence electrons. The summed E-state index contributed by atoms with van der Waals surface area (Å²) in [5, 5.41) is -0.415. The van der Waals surface area contributed by atoms with Crippen LogP contribution in [0.3, 0.4) is 0 Å². The molecule has 2 heterocycles. The van der Waals surface area contributed by atoms with Gasteiger partial charge in [-0.2, -0.15) is 0 Å². The van der Waals surface area contributed by atoms with Gasteiger partial charge in [0.2, 0.25) is 0 Å². The minimum Gasteiger partial charge on any atom is -0.328 e. The highest BCUT2D eigenvalue weighted by Crippen LogP contribution is 2.35. The van der Waals surface area contributed by atoms with Gasteiger partial charge in [0.15, 0.2) is 0 Å². The molecule has 0 bridgehead atoms. The number of hydrogen-bond donors (Lipinski definition) is 0. The number of hydrogen-bond acceptors (Lipinski definition) is 4. The zero-order valence-corrected chi connectivity index (χ0v) is 14.0. The summed E-state index contributed by atoms with van der Waals surface area (Å²) in [6.45, 7) is 0. The molecular weight excluding hydrogens is 341 g/mol. The van der Waals surface area contributed by atoms with Crippen LogP contribution in [0.4, 0.5) is 14.9 Å². The fourth-order valence-corrected chi connectivity index (χ4v) is 3.50. The van der Waals surface area contributed by atoms with Crippen molar-refractivity contribution in [2.75, 3.05) is 4.90 Å².